The van der Waals surface area contributed by atoms with Crippen molar-refractivity contribution in [3.05, 3.63) is 58.6 Å². The Bertz CT molecular complexity index is 853. The van der Waals surface area contributed by atoms with Crippen LogP contribution in [0.25, 0.3) is 0 Å². The van der Waals surface area contributed by atoms with Gasteiger partial charge in [0, 0.05) is 36.9 Å². The lowest BCUT2D eigenvalue weighted by molar-refractivity contribution is -0.138. The summed E-state index contributed by atoms with van der Waals surface area (Å²) in [6.07, 6.45) is -0.572. The van der Waals surface area contributed by atoms with Gasteiger partial charge in [-0.2, -0.15) is 5.26 Å². The van der Waals surface area contributed by atoms with Gasteiger partial charge < -0.3 is 14.5 Å². The zero-order chi connectivity index (χ0) is 19.4. The minimum absolute atomic E-state index is 0.0261. The molecule has 1 heterocycles. The molecule has 1 aliphatic heterocycles. The Labute approximate surface area is 164 Å². The fourth-order valence-electron chi connectivity index (χ4n) is 3.21. The number of hydrogen-bond donors (Lipinski definition) is 0. The van der Waals surface area contributed by atoms with Gasteiger partial charge in [-0.25, -0.2) is 0 Å². The normalized spacial score (nSPS) is 15.2. The highest BCUT2D eigenvalue weighted by Gasteiger charge is 2.26. The highest BCUT2D eigenvalue weighted by atomic mass is 35.5. The first kappa shape index (κ1) is 19.1. The molecule has 2 aromatic carbocycles. The van der Waals surface area contributed by atoms with Crippen LogP contribution in [0, 0.1) is 18.3 Å². The first-order valence-electron chi connectivity index (χ1n) is 8.94. The number of benzene rings is 2. The third-order valence-corrected chi connectivity index (χ3v) is 4.98. The molecule has 2 aromatic rings. The molecule has 1 atom stereocenters. The number of amides is 1. The maximum absolute atomic E-state index is 12.7. The summed E-state index contributed by atoms with van der Waals surface area (Å²) in [5.41, 5.74) is 2.86. The second-order valence-electron chi connectivity index (χ2n) is 6.64. The lowest BCUT2D eigenvalue weighted by atomic mass is 10.1. The fourth-order valence-corrected chi connectivity index (χ4v) is 3.38. The second kappa shape index (κ2) is 8.32. The van der Waals surface area contributed by atoms with Crippen molar-refractivity contribution in [2.75, 3.05) is 31.1 Å². The number of rotatable bonds is 4. The van der Waals surface area contributed by atoms with Gasteiger partial charge in [-0.15, -0.1) is 0 Å². The van der Waals surface area contributed by atoms with Gasteiger partial charge in [0.25, 0.3) is 5.91 Å². The van der Waals surface area contributed by atoms with E-state index < -0.39 is 6.10 Å². The molecule has 3 rings (SSSR count). The van der Waals surface area contributed by atoms with Crippen molar-refractivity contribution in [2.45, 2.75) is 20.0 Å². The number of piperazine rings is 1. The van der Waals surface area contributed by atoms with Crippen molar-refractivity contribution in [3.8, 4) is 11.8 Å². The average molecular weight is 384 g/mol. The summed E-state index contributed by atoms with van der Waals surface area (Å²) in [6, 6.07) is 14.7. The molecule has 0 aromatic heterocycles. The Morgan fingerprint density at radius 1 is 1.15 bits per heavy atom. The van der Waals surface area contributed by atoms with Gasteiger partial charge in [0.1, 0.15) is 5.75 Å². The van der Waals surface area contributed by atoms with E-state index in [1.54, 1.807) is 31.2 Å². The van der Waals surface area contributed by atoms with Crippen LogP contribution in [0.15, 0.2) is 42.5 Å². The molecule has 1 saturated heterocycles. The van der Waals surface area contributed by atoms with E-state index in [2.05, 4.69) is 17.9 Å². The zero-order valence-electron chi connectivity index (χ0n) is 15.5. The summed E-state index contributed by atoms with van der Waals surface area (Å²) in [4.78, 5) is 16.8. The van der Waals surface area contributed by atoms with Gasteiger partial charge in [0.05, 0.1) is 11.6 Å². The lowest BCUT2D eigenvalue weighted by Crippen LogP contribution is -2.52. The van der Waals surface area contributed by atoms with Crippen molar-refractivity contribution in [1.82, 2.24) is 4.90 Å². The molecule has 1 fully saturated rings. The smallest absolute Gasteiger partial charge is 0.263 e. The number of ether oxygens (including phenoxy) is 1. The van der Waals surface area contributed by atoms with Crippen LogP contribution in [0.3, 0.4) is 0 Å². The van der Waals surface area contributed by atoms with Crippen LogP contribution >= 0.6 is 11.6 Å². The van der Waals surface area contributed by atoms with Crippen molar-refractivity contribution >= 4 is 23.2 Å². The highest BCUT2D eigenvalue weighted by Crippen LogP contribution is 2.25. The number of anilines is 1. The molecule has 5 nitrogen and oxygen atoms in total. The van der Waals surface area contributed by atoms with E-state index in [-0.39, 0.29) is 5.91 Å². The minimum atomic E-state index is -0.572. The zero-order valence-corrected chi connectivity index (χ0v) is 16.2. The van der Waals surface area contributed by atoms with Crippen LogP contribution in [-0.4, -0.2) is 43.1 Å². The number of nitrogens with zero attached hydrogens (tertiary/aromatic N) is 3. The van der Waals surface area contributed by atoms with E-state index >= 15 is 0 Å². The van der Waals surface area contributed by atoms with E-state index in [1.165, 1.54) is 5.56 Å². The Morgan fingerprint density at radius 3 is 2.44 bits per heavy atom. The maximum Gasteiger partial charge on any atom is 0.263 e. The van der Waals surface area contributed by atoms with Gasteiger partial charge >= 0.3 is 0 Å². The van der Waals surface area contributed by atoms with E-state index in [9.17, 15) is 4.79 Å². The predicted octanol–water partition coefficient (Wildman–Crippen LogP) is 3.64. The first-order chi connectivity index (χ1) is 13.0. The van der Waals surface area contributed by atoms with Crippen molar-refractivity contribution in [1.29, 1.82) is 5.26 Å². The molecule has 27 heavy (non-hydrogen) atoms. The molecule has 0 bridgehead atoms. The van der Waals surface area contributed by atoms with Crippen LogP contribution in [0.1, 0.15) is 18.1 Å². The summed E-state index contributed by atoms with van der Waals surface area (Å²) in [5.74, 6) is 0.560. The van der Waals surface area contributed by atoms with Crippen molar-refractivity contribution in [2.24, 2.45) is 0 Å². The molecule has 0 spiro atoms. The third kappa shape index (κ3) is 4.53. The molecule has 0 radical (unpaired) electrons. The molecule has 1 aliphatic rings. The maximum atomic E-state index is 12.7. The molecule has 140 valence electrons. The number of carbonyl (C=O) groups is 1. The standard InChI is InChI=1S/C21H22ClN3O2/c1-15-3-6-18(22)13-20(15)24-9-11-25(12-10-24)21(26)16(2)27-19-7-4-17(14-23)5-8-19/h3-8,13,16H,9-12H2,1-2H3/t16-/m1/s1. The van der Waals surface area contributed by atoms with Crippen LogP contribution in [0.5, 0.6) is 5.75 Å². The Balaban J connectivity index is 1.57. The molecule has 0 aliphatic carbocycles. The summed E-state index contributed by atoms with van der Waals surface area (Å²) in [7, 11) is 0. The lowest BCUT2D eigenvalue weighted by Gasteiger charge is -2.37. The number of carbonyl (C=O) groups excluding carboxylic acids is 1. The topological polar surface area (TPSA) is 56.6 Å². The Kier molecular flexibility index (Phi) is 5.88. The molecular weight excluding hydrogens is 362 g/mol. The molecule has 0 N–H and O–H groups in total. The Hall–Kier alpha value is -2.71. The predicted molar refractivity (Wildman–Crippen MR) is 106 cm³/mol. The summed E-state index contributed by atoms with van der Waals surface area (Å²) >= 11 is 6.13. The average Bonchev–Trinajstić information content (AvgIpc) is 2.70. The van der Waals surface area contributed by atoms with Gasteiger partial charge in [-0.1, -0.05) is 17.7 Å². The van der Waals surface area contributed by atoms with Crippen LogP contribution < -0.4 is 9.64 Å². The summed E-state index contributed by atoms with van der Waals surface area (Å²) in [6.45, 7) is 6.63. The number of aryl methyl sites for hydroxylation is 1. The van der Waals surface area contributed by atoms with Gasteiger partial charge in [-0.05, 0) is 55.8 Å². The van der Waals surface area contributed by atoms with E-state index in [1.807, 2.05) is 23.1 Å². The number of hydrogen-bond acceptors (Lipinski definition) is 4. The second-order valence-corrected chi connectivity index (χ2v) is 7.08. The van der Waals surface area contributed by atoms with E-state index in [4.69, 9.17) is 21.6 Å². The monoisotopic (exact) mass is 383 g/mol. The van der Waals surface area contributed by atoms with Gasteiger partial charge in [0.15, 0.2) is 6.10 Å². The first-order valence-corrected chi connectivity index (χ1v) is 9.32. The summed E-state index contributed by atoms with van der Waals surface area (Å²) < 4.78 is 5.74. The quantitative estimate of drug-likeness (QED) is 0.808. The highest BCUT2D eigenvalue weighted by molar-refractivity contribution is 6.30. The summed E-state index contributed by atoms with van der Waals surface area (Å²) in [5, 5.41) is 9.56. The molecule has 0 unspecified atom stereocenters. The van der Waals surface area contributed by atoms with Crippen molar-refractivity contribution in [3.63, 3.8) is 0 Å². The van der Waals surface area contributed by atoms with E-state index in [0.717, 1.165) is 23.8 Å². The van der Waals surface area contributed by atoms with Crippen LogP contribution in [-0.2, 0) is 4.79 Å². The molecule has 1 amide bonds. The largest absolute Gasteiger partial charge is 0.481 e. The van der Waals surface area contributed by atoms with Gasteiger partial charge in [0.2, 0.25) is 0 Å². The van der Waals surface area contributed by atoms with Gasteiger partial charge in [-0.3, -0.25) is 4.79 Å². The molecule has 6 heteroatoms. The SMILES string of the molecule is Cc1ccc(Cl)cc1N1CCN(C(=O)[C@@H](C)Oc2ccc(C#N)cc2)CC1. The minimum Gasteiger partial charge on any atom is -0.481 e. The van der Waals surface area contributed by atoms with E-state index in [0.29, 0.717) is 24.4 Å². The molecule has 0 saturated carbocycles. The Morgan fingerprint density at radius 2 is 1.81 bits per heavy atom. The fraction of sp³-hybridized carbons (Fsp3) is 0.333. The third-order valence-electron chi connectivity index (χ3n) is 4.75. The van der Waals surface area contributed by atoms with Crippen LogP contribution in [0.4, 0.5) is 5.69 Å². The number of nitriles is 1. The van der Waals surface area contributed by atoms with Crippen LogP contribution in [0.2, 0.25) is 5.02 Å². The van der Waals surface area contributed by atoms with Crippen molar-refractivity contribution < 1.29 is 9.53 Å². The molecular formula is C21H22ClN3O2. The number of halogens is 1.